The number of nitrogens with one attached hydrogen (secondary N) is 1. The Balaban J connectivity index is 1.81. The van der Waals surface area contributed by atoms with Gasteiger partial charge in [-0.25, -0.2) is 0 Å². The lowest BCUT2D eigenvalue weighted by Crippen LogP contribution is -2.44. The smallest absolute Gasteiger partial charge is 0.267 e. The number of piperidine rings is 1. The van der Waals surface area contributed by atoms with Crippen LogP contribution in [0.4, 0.5) is 5.69 Å². The second kappa shape index (κ2) is 4.81. The molecule has 3 N–H and O–H groups in total. The summed E-state index contributed by atoms with van der Waals surface area (Å²) in [6.45, 7) is 4.33. The number of nitrogens with two attached hydrogens (primary N) is 1. The van der Waals surface area contributed by atoms with Gasteiger partial charge in [-0.05, 0) is 37.9 Å². The monoisotopic (exact) mass is 260 g/mol. The standard InChI is InChI=1S/C14H20N4O/c15-13(19)12-8-11(2-5-17-12)18-7-1-3-14(10-18)4-6-16-9-14/h2,5,8,16H,1,3-4,6-7,9-10H2,(H2,15,19). The third-order valence-corrected chi connectivity index (χ3v) is 4.35. The fourth-order valence-corrected chi connectivity index (χ4v) is 3.32. The van der Waals surface area contributed by atoms with Crippen LogP contribution in [0.1, 0.15) is 29.8 Å². The van der Waals surface area contributed by atoms with Crippen molar-refractivity contribution in [1.29, 1.82) is 0 Å². The van der Waals surface area contributed by atoms with Crippen LogP contribution in [0.3, 0.4) is 0 Å². The summed E-state index contributed by atoms with van der Waals surface area (Å²) >= 11 is 0. The summed E-state index contributed by atoms with van der Waals surface area (Å²) in [5.74, 6) is -0.462. The van der Waals surface area contributed by atoms with E-state index in [0.717, 1.165) is 31.9 Å². The number of pyridine rings is 1. The molecule has 3 rings (SSSR count). The van der Waals surface area contributed by atoms with E-state index in [-0.39, 0.29) is 0 Å². The highest BCUT2D eigenvalue weighted by molar-refractivity contribution is 5.91. The Labute approximate surface area is 113 Å². The van der Waals surface area contributed by atoms with Gasteiger partial charge in [-0.15, -0.1) is 0 Å². The average molecular weight is 260 g/mol. The molecule has 0 aliphatic carbocycles. The Bertz CT molecular complexity index is 482. The van der Waals surface area contributed by atoms with Crippen molar-refractivity contribution in [2.75, 3.05) is 31.1 Å². The number of carbonyl (C=O) groups is 1. The molecule has 2 aliphatic rings. The van der Waals surface area contributed by atoms with E-state index in [1.165, 1.54) is 19.3 Å². The van der Waals surface area contributed by atoms with E-state index in [1.54, 1.807) is 6.20 Å². The summed E-state index contributed by atoms with van der Waals surface area (Å²) in [7, 11) is 0. The third kappa shape index (κ3) is 2.42. The van der Waals surface area contributed by atoms with Gasteiger partial charge < -0.3 is 16.0 Å². The zero-order chi connectivity index (χ0) is 13.3. The highest BCUT2D eigenvalue weighted by atomic mass is 16.1. The van der Waals surface area contributed by atoms with Crippen molar-refractivity contribution in [3.63, 3.8) is 0 Å². The molecule has 0 saturated carbocycles. The Hall–Kier alpha value is -1.62. The molecule has 102 valence electrons. The fraction of sp³-hybridized carbons (Fsp3) is 0.571. The van der Waals surface area contributed by atoms with Gasteiger partial charge in [0.05, 0.1) is 0 Å². The minimum Gasteiger partial charge on any atom is -0.371 e. The maximum Gasteiger partial charge on any atom is 0.267 e. The molecule has 2 fully saturated rings. The van der Waals surface area contributed by atoms with E-state index >= 15 is 0 Å². The van der Waals surface area contributed by atoms with Gasteiger partial charge in [0.15, 0.2) is 0 Å². The maximum absolute atomic E-state index is 11.2. The van der Waals surface area contributed by atoms with Crippen molar-refractivity contribution >= 4 is 11.6 Å². The molecule has 0 radical (unpaired) electrons. The molecular weight excluding hydrogens is 240 g/mol. The Kier molecular flexibility index (Phi) is 3.14. The quantitative estimate of drug-likeness (QED) is 0.823. The predicted molar refractivity (Wildman–Crippen MR) is 74.1 cm³/mol. The highest BCUT2D eigenvalue weighted by Crippen LogP contribution is 2.37. The molecule has 1 atom stereocenters. The average Bonchev–Trinajstić information content (AvgIpc) is 2.87. The van der Waals surface area contributed by atoms with Crippen LogP contribution in [0.5, 0.6) is 0 Å². The third-order valence-electron chi connectivity index (χ3n) is 4.35. The van der Waals surface area contributed by atoms with Crippen LogP contribution in [0, 0.1) is 5.41 Å². The highest BCUT2D eigenvalue weighted by Gasteiger charge is 2.38. The second-order valence-electron chi connectivity index (χ2n) is 5.72. The fourth-order valence-electron chi connectivity index (χ4n) is 3.32. The molecule has 1 aromatic rings. The van der Waals surface area contributed by atoms with E-state index in [9.17, 15) is 4.79 Å². The first-order chi connectivity index (χ1) is 9.19. The first-order valence-electron chi connectivity index (χ1n) is 6.90. The van der Waals surface area contributed by atoms with E-state index in [1.807, 2.05) is 12.1 Å². The van der Waals surface area contributed by atoms with Gasteiger partial charge in [-0.1, -0.05) is 0 Å². The molecule has 1 unspecified atom stereocenters. The maximum atomic E-state index is 11.2. The predicted octanol–water partition coefficient (Wildman–Crippen LogP) is 0.760. The van der Waals surface area contributed by atoms with Crippen molar-refractivity contribution in [3.8, 4) is 0 Å². The van der Waals surface area contributed by atoms with Crippen LogP contribution >= 0.6 is 0 Å². The number of anilines is 1. The number of hydrogen-bond acceptors (Lipinski definition) is 4. The molecule has 5 nitrogen and oxygen atoms in total. The molecule has 1 amide bonds. The van der Waals surface area contributed by atoms with Crippen LogP contribution in [0.2, 0.25) is 0 Å². The second-order valence-corrected chi connectivity index (χ2v) is 5.72. The van der Waals surface area contributed by atoms with E-state index in [4.69, 9.17) is 5.73 Å². The largest absolute Gasteiger partial charge is 0.371 e. The lowest BCUT2D eigenvalue weighted by molar-refractivity contribution is 0.0995. The summed E-state index contributed by atoms with van der Waals surface area (Å²) in [4.78, 5) is 17.6. The van der Waals surface area contributed by atoms with E-state index < -0.39 is 5.91 Å². The van der Waals surface area contributed by atoms with Gasteiger partial charge in [0.1, 0.15) is 5.69 Å². The van der Waals surface area contributed by atoms with Gasteiger partial charge in [0.2, 0.25) is 0 Å². The molecule has 5 heteroatoms. The van der Waals surface area contributed by atoms with Crippen molar-refractivity contribution in [3.05, 3.63) is 24.0 Å². The zero-order valence-electron chi connectivity index (χ0n) is 11.1. The summed E-state index contributed by atoms with van der Waals surface area (Å²) in [5.41, 5.74) is 7.12. The van der Waals surface area contributed by atoms with Gasteiger partial charge >= 0.3 is 0 Å². The lowest BCUT2D eigenvalue weighted by Gasteiger charge is -2.41. The Morgan fingerprint density at radius 2 is 2.37 bits per heavy atom. The molecule has 0 aromatic carbocycles. The summed E-state index contributed by atoms with van der Waals surface area (Å²) < 4.78 is 0. The Morgan fingerprint density at radius 1 is 1.47 bits per heavy atom. The molecule has 1 spiro atoms. The number of hydrogen-bond donors (Lipinski definition) is 2. The first-order valence-corrected chi connectivity index (χ1v) is 6.90. The molecule has 1 aromatic heterocycles. The van der Waals surface area contributed by atoms with Crippen molar-refractivity contribution in [1.82, 2.24) is 10.3 Å². The zero-order valence-corrected chi connectivity index (χ0v) is 11.1. The number of primary amides is 1. The summed E-state index contributed by atoms with van der Waals surface area (Å²) in [6.07, 6.45) is 5.42. The van der Waals surface area contributed by atoms with E-state index in [2.05, 4.69) is 15.2 Å². The number of amides is 1. The Morgan fingerprint density at radius 3 is 3.11 bits per heavy atom. The topological polar surface area (TPSA) is 71.2 Å². The van der Waals surface area contributed by atoms with Crippen LogP contribution in [-0.2, 0) is 0 Å². The number of rotatable bonds is 2. The first kappa shape index (κ1) is 12.4. The van der Waals surface area contributed by atoms with Gasteiger partial charge in [-0.3, -0.25) is 9.78 Å². The lowest BCUT2D eigenvalue weighted by atomic mass is 9.79. The molecule has 2 aliphatic heterocycles. The number of carbonyl (C=O) groups excluding carboxylic acids is 1. The molecule has 0 bridgehead atoms. The molecule has 3 heterocycles. The number of aromatic nitrogens is 1. The van der Waals surface area contributed by atoms with Gasteiger partial charge in [-0.2, -0.15) is 0 Å². The summed E-state index contributed by atoms with van der Waals surface area (Å²) in [6, 6.07) is 3.78. The van der Waals surface area contributed by atoms with Gasteiger partial charge in [0.25, 0.3) is 5.91 Å². The summed E-state index contributed by atoms with van der Waals surface area (Å²) in [5, 5.41) is 3.47. The van der Waals surface area contributed by atoms with Crippen molar-refractivity contribution < 1.29 is 4.79 Å². The van der Waals surface area contributed by atoms with Crippen LogP contribution in [0.15, 0.2) is 18.3 Å². The molecule has 19 heavy (non-hydrogen) atoms. The van der Waals surface area contributed by atoms with Gasteiger partial charge in [0, 0.05) is 36.9 Å². The molecular formula is C14H20N4O. The van der Waals surface area contributed by atoms with Crippen LogP contribution in [0.25, 0.3) is 0 Å². The normalized spacial score (nSPS) is 26.8. The minimum atomic E-state index is -0.462. The van der Waals surface area contributed by atoms with Crippen molar-refractivity contribution in [2.24, 2.45) is 11.1 Å². The number of nitrogens with zero attached hydrogens (tertiary/aromatic N) is 2. The SMILES string of the molecule is NC(=O)c1cc(N2CCCC3(CCNC3)C2)ccn1. The molecule has 2 saturated heterocycles. The van der Waals surface area contributed by atoms with Crippen LogP contribution < -0.4 is 16.0 Å². The minimum absolute atomic E-state index is 0.349. The van der Waals surface area contributed by atoms with Crippen LogP contribution in [-0.4, -0.2) is 37.1 Å². The van der Waals surface area contributed by atoms with Crippen molar-refractivity contribution in [2.45, 2.75) is 19.3 Å². The van der Waals surface area contributed by atoms with E-state index in [0.29, 0.717) is 11.1 Å².